The Kier molecular flexibility index (Phi) is 1.94. The molecular formula is C8H4BrNOS. The Hall–Kier alpha value is -0.740. The van der Waals surface area contributed by atoms with Crippen LogP contribution in [0.3, 0.4) is 0 Å². The van der Waals surface area contributed by atoms with Crippen LogP contribution in [0, 0.1) is 0 Å². The molecule has 0 N–H and O–H groups in total. The maximum atomic E-state index is 10.6. The summed E-state index contributed by atoms with van der Waals surface area (Å²) >= 11 is 4.80. The van der Waals surface area contributed by atoms with E-state index in [4.69, 9.17) is 0 Å². The fraction of sp³-hybridized carbons (Fsp3) is 0. The van der Waals surface area contributed by atoms with Crippen LogP contribution < -0.4 is 0 Å². The van der Waals surface area contributed by atoms with Crippen molar-refractivity contribution in [1.82, 2.24) is 4.98 Å². The lowest BCUT2D eigenvalue weighted by atomic mass is 10.2. The van der Waals surface area contributed by atoms with E-state index in [1.54, 1.807) is 11.6 Å². The van der Waals surface area contributed by atoms with Crippen molar-refractivity contribution in [3.63, 3.8) is 0 Å². The van der Waals surface area contributed by atoms with Gasteiger partial charge in [0.2, 0.25) is 0 Å². The third kappa shape index (κ3) is 1.17. The summed E-state index contributed by atoms with van der Waals surface area (Å²) in [4.78, 5) is 14.7. The lowest BCUT2D eigenvalue weighted by molar-refractivity contribution is 0.112. The Morgan fingerprint density at radius 2 is 2.33 bits per heavy atom. The number of fused-ring (bicyclic) bond motifs is 1. The summed E-state index contributed by atoms with van der Waals surface area (Å²) in [6.45, 7) is 0. The van der Waals surface area contributed by atoms with Gasteiger partial charge in [-0.15, -0.1) is 11.3 Å². The van der Waals surface area contributed by atoms with Gasteiger partial charge in [0.25, 0.3) is 0 Å². The lowest BCUT2D eigenvalue weighted by Crippen LogP contribution is -1.80. The molecule has 0 unspecified atom stereocenters. The zero-order chi connectivity index (χ0) is 8.55. The van der Waals surface area contributed by atoms with Gasteiger partial charge in [-0.3, -0.25) is 4.79 Å². The largest absolute Gasteiger partial charge is 0.298 e. The van der Waals surface area contributed by atoms with Crippen LogP contribution >= 0.6 is 27.3 Å². The van der Waals surface area contributed by atoms with Crippen LogP contribution in [0.25, 0.3) is 10.2 Å². The molecule has 2 nitrogen and oxygen atoms in total. The highest BCUT2D eigenvalue weighted by Gasteiger charge is 2.03. The normalized spacial score (nSPS) is 10.4. The zero-order valence-electron chi connectivity index (χ0n) is 5.95. The van der Waals surface area contributed by atoms with Crippen molar-refractivity contribution in [2.75, 3.05) is 0 Å². The Morgan fingerprint density at radius 3 is 3.08 bits per heavy atom. The number of nitrogens with zero attached hydrogens (tertiary/aromatic N) is 1. The molecule has 0 radical (unpaired) electrons. The lowest BCUT2D eigenvalue weighted by Gasteiger charge is -1.93. The second kappa shape index (κ2) is 2.95. The predicted molar refractivity (Wildman–Crippen MR) is 52.7 cm³/mol. The van der Waals surface area contributed by atoms with Crippen molar-refractivity contribution >= 4 is 43.8 Å². The van der Waals surface area contributed by atoms with Crippen molar-refractivity contribution in [3.8, 4) is 0 Å². The second-order valence-electron chi connectivity index (χ2n) is 2.31. The highest BCUT2D eigenvalue weighted by Crippen LogP contribution is 2.25. The summed E-state index contributed by atoms with van der Waals surface area (Å²) in [5, 5.41) is 0. The Balaban J connectivity index is 2.88. The van der Waals surface area contributed by atoms with Crippen LogP contribution in [-0.4, -0.2) is 11.3 Å². The molecule has 0 fully saturated rings. The van der Waals surface area contributed by atoms with Gasteiger partial charge in [-0.1, -0.05) is 15.9 Å². The molecule has 4 heteroatoms. The molecule has 1 heterocycles. The second-order valence-corrected chi connectivity index (χ2v) is 4.08. The van der Waals surface area contributed by atoms with Gasteiger partial charge >= 0.3 is 0 Å². The molecule has 0 aliphatic rings. The first-order valence-electron chi connectivity index (χ1n) is 3.29. The molecule has 1 aromatic carbocycles. The summed E-state index contributed by atoms with van der Waals surface area (Å²) in [5.74, 6) is 0. The number of hydrogen-bond donors (Lipinski definition) is 0. The number of carbonyl (C=O) groups is 1. The summed E-state index contributed by atoms with van der Waals surface area (Å²) in [6.07, 6.45) is 0.852. The first kappa shape index (κ1) is 7.89. The third-order valence-corrected chi connectivity index (χ3v) is 2.90. The number of aromatic nitrogens is 1. The molecule has 0 aliphatic carbocycles. The average molecular weight is 242 g/mol. The van der Waals surface area contributed by atoms with E-state index in [1.807, 2.05) is 6.07 Å². The van der Waals surface area contributed by atoms with E-state index in [0.29, 0.717) is 5.56 Å². The van der Waals surface area contributed by atoms with Crippen molar-refractivity contribution < 1.29 is 4.79 Å². The van der Waals surface area contributed by atoms with E-state index >= 15 is 0 Å². The van der Waals surface area contributed by atoms with Gasteiger partial charge in [0.1, 0.15) is 0 Å². The molecule has 60 valence electrons. The number of aldehydes is 1. The molecule has 12 heavy (non-hydrogen) atoms. The van der Waals surface area contributed by atoms with Crippen LogP contribution in [-0.2, 0) is 0 Å². The predicted octanol–water partition coefficient (Wildman–Crippen LogP) is 2.87. The van der Waals surface area contributed by atoms with E-state index in [2.05, 4.69) is 20.9 Å². The van der Waals surface area contributed by atoms with Crippen LogP contribution in [0.4, 0.5) is 0 Å². The molecule has 0 aliphatic heterocycles. The maximum Gasteiger partial charge on any atom is 0.151 e. The van der Waals surface area contributed by atoms with Crippen molar-refractivity contribution in [1.29, 1.82) is 0 Å². The van der Waals surface area contributed by atoms with Crippen molar-refractivity contribution in [2.45, 2.75) is 0 Å². The number of hydrogen-bond acceptors (Lipinski definition) is 3. The molecule has 0 saturated carbocycles. The van der Waals surface area contributed by atoms with Gasteiger partial charge in [0, 0.05) is 10.0 Å². The summed E-state index contributed by atoms with van der Waals surface area (Å²) in [7, 11) is 0. The number of halogens is 1. The molecule has 1 aromatic heterocycles. The van der Waals surface area contributed by atoms with Crippen LogP contribution in [0.15, 0.2) is 22.1 Å². The molecule has 0 spiro atoms. The molecule has 0 bridgehead atoms. The highest BCUT2D eigenvalue weighted by molar-refractivity contribution is 9.10. The minimum Gasteiger partial charge on any atom is -0.298 e. The SMILES string of the molecule is O=Cc1cc(Br)cc2ncsc12. The van der Waals surface area contributed by atoms with Crippen molar-refractivity contribution in [2.24, 2.45) is 0 Å². The van der Waals surface area contributed by atoms with Gasteiger partial charge in [-0.05, 0) is 12.1 Å². The van der Waals surface area contributed by atoms with Gasteiger partial charge in [0.15, 0.2) is 6.29 Å². The fourth-order valence-corrected chi connectivity index (χ4v) is 2.26. The number of benzene rings is 1. The quantitative estimate of drug-likeness (QED) is 0.719. The van der Waals surface area contributed by atoms with Gasteiger partial charge in [-0.25, -0.2) is 4.98 Å². The number of carbonyl (C=O) groups excluding carboxylic acids is 1. The first-order chi connectivity index (χ1) is 5.81. The Bertz CT molecular complexity index is 438. The smallest absolute Gasteiger partial charge is 0.151 e. The van der Waals surface area contributed by atoms with E-state index in [9.17, 15) is 4.79 Å². The van der Waals surface area contributed by atoms with E-state index in [-0.39, 0.29) is 0 Å². The first-order valence-corrected chi connectivity index (χ1v) is 4.96. The highest BCUT2D eigenvalue weighted by atomic mass is 79.9. The van der Waals surface area contributed by atoms with E-state index in [0.717, 1.165) is 21.0 Å². The van der Waals surface area contributed by atoms with E-state index in [1.165, 1.54) is 11.3 Å². The average Bonchev–Trinajstić information content (AvgIpc) is 2.50. The molecule has 2 rings (SSSR count). The minimum absolute atomic E-state index is 0.696. The summed E-state index contributed by atoms with van der Waals surface area (Å²) in [6, 6.07) is 3.70. The van der Waals surface area contributed by atoms with Crippen LogP contribution in [0.1, 0.15) is 10.4 Å². The molecule has 0 amide bonds. The minimum atomic E-state index is 0.696. The molecule has 0 saturated heterocycles. The van der Waals surface area contributed by atoms with Gasteiger partial charge < -0.3 is 0 Å². The zero-order valence-corrected chi connectivity index (χ0v) is 8.35. The Labute approximate surface area is 81.4 Å². The third-order valence-electron chi connectivity index (χ3n) is 1.55. The molecule has 2 aromatic rings. The fourth-order valence-electron chi connectivity index (χ4n) is 1.05. The Morgan fingerprint density at radius 1 is 1.50 bits per heavy atom. The summed E-state index contributed by atoms with van der Waals surface area (Å²) < 4.78 is 1.84. The van der Waals surface area contributed by atoms with Gasteiger partial charge in [-0.2, -0.15) is 0 Å². The van der Waals surface area contributed by atoms with Crippen LogP contribution in [0.5, 0.6) is 0 Å². The summed E-state index contributed by atoms with van der Waals surface area (Å²) in [5.41, 5.74) is 3.31. The number of thiazole rings is 1. The maximum absolute atomic E-state index is 10.6. The molecular weight excluding hydrogens is 238 g/mol. The monoisotopic (exact) mass is 241 g/mol. The molecule has 0 atom stereocenters. The van der Waals surface area contributed by atoms with Crippen LogP contribution in [0.2, 0.25) is 0 Å². The van der Waals surface area contributed by atoms with E-state index < -0.39 is 0 Å². The topological polar surface area (TPSA) is 30.0 Å². The standard InChI is InChI=1S/C8H4BrNOS/c9-6-1-5(3-11)8-7(2-6)10-4-12-8/h1-4H. The van der Waals surface area contributed by atoms with Crippen molar-refractivity contribution in [3.05, 3.63) is 27.7 Å². The number of rotatable bonds is 1. The van der Waals surface area contributed by atoms with Gasteiger partial charge in [0.05, 0.1) is 15.7 Å².